The summed E-state index contributed by atoms with van der Waals surface area (Å²) >= 11 is 7.50. The van der Waals surface area contributed by atoms with Gasteiger partial charge in [0, 0.05) is 18.1 Å². The smallest absolute Gasteiger partial charge is 0.315 e. The maximum Gasteiger partial charge on any atom is 0.315 e. The van der Waals surface area contributed by atoms with Crippen molar-refractivity contribution in [2.24, 2.45) is 0 Å². The highest BCUT2D eigenvalue weighted by atomic mass is 35.5. The van der Waals surface area contributed by atoms with Gasteiger partial charge in [0.25, 0.3) is 0 Å². The van der Waals surface area contributed by atoms with Crippen LogP contribution in [0.15, 0.2) is 41.1 Å². The average molecular weight is 338 g/mol. The molecule has 0 aliphatic carbocycles. The van der Waals surface area contributed by atoms with Gasteiger partial charge in [0.15, 0.2) is 0 Å². The maximum atomic E-state index is 11.9. The lowest BCUT2D eigenvalue weighted by Gasteiger charge is -2.24. The van der Waals surface area contributed by atoms with E-state index in [4.69, 9.17) is 11.6 Å². The first-order valence-corrected chi connectivity index (χ1v) is 8.33. The van der Waals surface area contributed by atoms with Gasteiger partial charge < -0.3 is 15.5 Å². The molecule has 6 heteroatoms. The number of likely N-dealkylation sites (N-methyl/N-ethyl adjacent to an activating group) is 1. The van der Waals surface area contributed by atoms with Gasteiger partial charge in [-0.15, -0.1) is 0 Å². The Labute approximate surface area is 140 Å². The van der Waals surface area contributed by atoms with E-state index in [1.165, 1.54) is 5.56 Å². The van der Waals surface area contributed by atoms with Crippen molar-refractivity contribution >= 4 is 29.0 Å². The zero-order valence-electron chi connectivity index (χ0n) is 12.7. The Morgan fingerprint density at radius 2 is 1.95 bits per heavy atom. The molecular weight excluding hydrogens is 318 g/mol. The van der Waals surface area contributed by atoms with Crippen molar-refractivity contribution in [3.8, 4) is 0 Å². The van der Waals surface area contributed by atoms with Crippen LogP contribution >= 0.6 is 22.9 Å². The van der Waals surface area contributed by atoms with E-state index in [0.29, 0.717) is 18.1 Å². The number of hydrogen-bond acceptors (Lipinski definition) is 3. The van der Waals surface area contributed by atoms with E-state index in [2.05, 4.69) is 27.0 Å². The summed E-state index contributed by atoms with van der Waals surface area (Å²) < 4.78 is 0. The van der Waals surface area contributed by atoms with E-state index in [-0.39, 0.29) is 12.1 Å². The number of amides is 2. The first-order valence-electron chi connectivity index (χ1n) is 7.01. The van der Waals surface area contributed by atoms with Crippen molar-refractivity contribution in [3.05, 3.63) is 57.2 Å². The van der Waals surface area contributed by atoms with Crippen molar-refractivity contribution in [2.45, 2.75) is 12.6 Å². The molecule has 0 aliphatic rings. The molecule has 2 amide bonds. The van der Waals surface area contributed by atoms with Crippen LogP contribution in [-0.2, 0) is 6.54 Å². The van der Waals surface area contributed by atoms with Crippen molar-refractivity contribution in [1.82, 2.24) is 15.5 Å². The molecule has 22 heavy (non-hydrogen) atoms. The fourth-order valence-corrected chi connectivity index (χ4v) is 2.93. The Morgan fingerprint density at radius 3 is 2.55 bits per heavy atom. The number of rotatable bonds is 6. The third-order valence-corrected chi connectivity index (χ3v) is 4.33. The first-order chi connectivity index (χ1) is 10.6. The molecule has 0 aliphatic heterocycles. The van der Waals surface area contributed by atoms with Gasteiger partial charge in [0.1, 0.15) is 0 Å². The fraction of sp³-hybridized carbons (Fsp3) is 0.312. The quantitative estimate of drug-likeness (QED) is 0.847. The normalized spacial score (nSPS) is 12.2. The number of hydrogen-bond donors (Lipinski definition) is 2. The topological polar surface area (TPSA) is 44.4 Å². The molecule has 1 heterocycles. The number of thiophene rings is 1. The molecule has 1 aromatic heterocycles. The van der Waals surface area contributed by atoms with Gasteiger partial charge in [-0.05, 0) is 54.2 Å². The number of nitrogens with one attached hydrogen (secondary N) is 2. The summed E-state index contributed by atoms with van der Waals surface area (Å²) in [4.78, 5) is 14.0. The van der Waals surface area contributed by atoms with Crippen LogP contribution in [0.5, 0.6) is 0 Å². The second-order valence-corrected chi connectivity index (χ2v) is 6.44. The summed E-state index contributed by atoms with van der Waals surface area (Å²) in [5.41, 5.74) is 2.23. The summed E-state index contributed by atoms with van der Waals surface area (Å²) in [6, 6.07) is 9.52. The summed E-state index contributed by atoms with van der Waals surface area (Å²) in [6.45, 7) is 1.05. The predicted molar refractivity (Wildman–Crippen MR) is 92.4 cm³/mol. The van der Waals surface area contributed by atoms with Gasteiger partial charge in [0.05, 0.1) is 6.04 Å². The van der Waals surface area contributed by atoms with Crippen LogP contribution in [0.4, 0.5) is 4.79 Å². The van der Waals surface area contributed by atoms with Crippen LogP contribution in [0.1, 0.15) is 17.2 Å². The molecule has 1 unspecified atom stereocenters. The zero-order valence-corrected chi connectivity index (χ0v) is 14.2. The molecule has 0 spiro atoms. The molecule has 2 aromatic rings. The molecular formula is C16H20ClN3OS. The molecule has 118 valence electrons. The van der Waals surface area contributed by atoms with Gasteiger partial charge in [-0.2, -0.15) is 11.3 Å². The van der Waals surface area contributed by atoms with Crippen LogP contribution in [0.2, 0.25) is 5.02 Å². The lowest BCUT2D eigenvalue weighted by Crippen LogP contribution is -2.40. The molecule has 1 aromatic carbocycles. The van der Waals surface area contributed by atoms with Crippen LogP contribution in [0.25, 0.3) is 0 Å². The van der Waals surface area contributed by atoms with E-state index in [1.807, 2.05) is 43.7 Å². The Hall–Kier alpha value is -1.56. The van der Waals surface area contributed by atoms with Crippen molar-refractivity contribution in [2.75, 3.05) is 20.6 Å². The second kappa shape index (κ2) is 8.17. The molecule has 0 radical (unpaired) electrons. The SMILES string of the molecule is CN(C)C(CNC(=O)NCc1ccc(Cl)cc1)c1ccsc1. The Balaban J connectivity index is 1.80. The predicted octanol–water partition coefficient (Wildman–Crippen LogP) is 3.50. The Morgan fingerprint density at radius 1 is 1.23 bits per heavy atom. The van der Waals surface area contributed by atoms with Crippen LogP contribution in [0.3, 0.4) is 0 Å². The Bertz CT molecular complexity index is 584. The van der Waals surface area contributed by atoms with Gasteiger partial charge in [0.2, 0.25) is 0 Å². The molecule has 0 saturated carbocycles. The summed E-state index contributed by atoms with van der Waals surface area (Å²) in [6.07, 6.45) is 0. The minimum Gasteiger partial charge on any atom is -0.336 e. The fourth-order valence-electron chi connectivity index (χ4n) is 2.10. The number of benzene rings is 1. The number of nitrogens with zero attached hydrogens (tertiary/aromatic N) is 1. The highest BCUT2D eigenvalue weighted by molar-refractivity contribution is 7.07. The van der Waals surface area contributed by atoms with E-state index < -0.39 is 0 Å². The lowest BCUT2D eigenvalue weighted by molar-refractivity contribution is 0.232. The third kappa shape index (κ3) is 5.02. The van der Waals surface area contributed by atoms with Crippen molar-refractivity contribution in [3.63, 3.8) is 0 Å². The van der Waals surface area contributed by atoms with Crippen molar-refractivity contribution in [1.29, 1.82) is 0 Å². The standard InChI is InChI=1S/C16H20ClN3OS/c1-20(2)15(13-7-8-22-11-13)10-19-16(21)18-9-12-3-5-14(17)6-4-12/h3-8,11,15H,9-10H2,1-2H3,(H2,18,19,21). The van der Waals surface area contributed by atoms with Crippen LogP contribution < -0.4 is 10.6 Å². The van der Waals surface area contributed by atoms with Gasteiger partial charge >= 0.3 is 6.03 Å². The second-order valence-electron chi connectivity index (χ2n) is 5.23. The van der Waals surface area contributed by atoms with Crippen LogP contribution in [-0.4, -0.2) is 31.6 Å². The Kier molecular flexibility index (Phi) is 6.24. The summed E-state index contributed by atoms with van der Waals surface area (Å²) in [7, 11) is 4.02. The summed E-state index contributed by atoms with van der Waals surface area (Å²) in [5.74, 6) is 0. The molecule has 0 bridgehead atoms. The number of halogens is 1. The van der Waals surface area contributed by atoms with E-state index in [1.54, 1.807) is 11.3 Å². The van der Waals surface area contributed by atoms with E-state index in [9.17, 15) is 4.79 Å². The minimum absolute atomic E-state index is 0.169. The highest BCUT2D eigenvalue weighted by Gasteiger charge is 2.15. The first kappa shape index (κ1) is 16.8. The largest absolute Gasteiger partial charge is 0.336 e. The minimum atomic E-state index is -0.169. The zero-order chi connectivity index (χ0) is 15.9. The lowest BCUT2D eigenvalue weighted by atomic mass is 10.1. The van der Waals surface area contributed by atoms with Gasteiger partial charge in [-0.25, -0.2) is 4.79 Å². The molecule has 4 nitrogen and oxygen atoms in total. The highest BCUT2D eigenvalue weighted by Crippen LogP contribution is 2.19. The average Bonchev–Trinajstić information content (AvgIpc) is 3.00. The molecule has 0 saturated heterocycles. The van der Waals surface area contributed by atoms with Gasteiger partial charge in [-0.3, -0.25) is 0 Å². The van der Waals surface area contributed by atoms with E-state index >= 15 is 0 Å². The number of carbonyl (C=O) groups is 1. The number of carbonyl (C=O) groups excluding carboxylic acids is 1. The van der Waals surface area contributed by atoms with Crippen LogP contribution in [0, 0.1) is 0 Å². The molecule has 2 N–H and O–H groups in total. The molecule has 0 fully saturated rings. The van der Waals surface area contributed by atoms with E-state index in [0.717, 1.165) is 5.56 Å². The number of urea groups is 1. The third-order valence-electron chi connectivity index (χ3n) is 3.37. The molecule has 1 atom stereocenters. The monoisotopic (exact) mass is 337 g/mol. The van der Waals surface area contributed by atoms with Gasteiger partial charge in [-0.1, -0.05) is 23.7 Å². The summed E-state index contributed by atoms with van der Waals surface area (Å²) in [5, 5.41) is 10.6. The maximum absolute atomic E-state index is 11.9. The molecule has 2 rings (SSSR count). The van der Waals surface area contributed by atoms with Crippen molar-refractivity contribution < 1.29 is 4.79 Å².